The molecule has 0 saturated carbocycles. The van der Waals surface area contributed by atoms with Gasteiger partial charge in [0.15, 0.2) is 5.65 Å². The van der Waals surface area contributed by atoms with Gasteiger partial charge in [0.2, 0.25) is 0 Å². The summed E-state index contributed by atoms with van der Waals surface area (Å²) < 4.78 is 1.27. The van der Waals surface area contributed by atoms with E-state index in [1.165, 1.54) is 4.52 Å². The van der Waals surface area contributed by atoms with Crippen molar-refractivity contribution in [2.24, 2.45) is 0 Å². The van der Waals surface area contributed by atoms with Crippen molar-refractivity contribution in [1.29, 1.82) is 0 Å². The zero-order chi connectivity index (χ0) is 11.7. The molecule has 3 rings (SSSR count). The van der Waals surface area contributed by atoms with Gasteiger partial charge in [0.05, 0.1) is 0 Å². The smallest absolute Gasteiger partial charge is 0.364 e. The van der Waals surface area contributed by atoms with E-state index in [-0.39, 0.29) is 5.69 Å². The highest BCUT2D eigenvalue weighted by molar-refractivity contribution is 5.43. The Morgan fingerprint density at radius 1 is 1.35 bits per heavy atom. The number of anilines is 1. The van der Waals surface area contributed by atoms with Gasteiger partial charge in [0, 0.05) is 6.04 Å². The van der Waals surface area contributed by atoms with Crippen molar-refractivity contribution < 1.29 is 0 Å². The van der Waals surface area contributed by atoms with Gasteiger partial charge in [-0.05, 0) is 38.1 Å². The molecule has 0 spiro atoms. The zero-order valence-electron chi connectivity index (χ0n) is 9.31. The van der Waals surface area contributed by atoms with Crippen LogP contribution in [0.4, 0.5) is 5.82 Å². The molecule has 90 valence electrons. The molecule has 0 unspecified atom stereocenters. The largest absolute Gasteiger partial charge is 0.366 e. The van der Waals surface area contributed by atoms with Crippen molar-refractivity contribution in [2.75, 3.05) is 18.4 Å². The number of hydrogen-bond donors (Lipinski definition) is 3. The van der Waals surface area contributed by atoms with E-state index in [0.717, 1.165) is 25.9 Å². The van der Waals surface area contributed by atoms with E-state index in [1.807, 2.05) is 6.07 Å². The summed E-state index contributed by atoms with van der Waals surface area (Å²) >= 11 is 0. The quantitative estimate of drug-likeness (QED) is 0.657. The first-order valence-electron chi connectivity index (χ1n) is 5.75. The molecular weight excluding hydrogens is 220 g/mol. The Balaban J connectivity index is 1.84. The summed E-state index contributed by atoms with van der Waals surface area (Å²) in [5, 5.41) is 17.0. The Morgan fingerprint density at radius 2 is 2.18 bits per heavy atom. The standard InChI is InChI=1S/C10H14N6O/c17-10-14-13-9-2-1-8(15-16(9)10)12-7-3-5-11-6-4-7/h1-2,7,11H,3-6H2,(H,12,15)(H,14,17). The third-order valence-corrected chi connectivity index (χ3v) is 2.96. The van der Waals surface area contributed by atoms with Gasteiger partial charge < -0.3 is 10.6 Å². The number of fused-ring (bicyclic) bond motifs is 1. The van der Waals surface area contributed by atoms with E-state index < -0.39 is 0 Å². The van der Waals surface area contributed by atoms with Crippen LogP contribution in [-0.4, -0.2) is 38.9 Å². The topological polar surface area (TPSA) is 87.1 Å². The molecule has 17 heavy (non-hydrogen) atoms. The van der Waals surface area contributed by atoms with Gasteiger partial charge in [-0.1, -0.05) is 0 Å². The first kappa shape index (κ1) is 10.3. The molecule has 2 aromatic heterocycles. The summed E-state index contributed by atoms with van der Waals surface area (Å²) in [4.78, 5) is 11.4. The first-order chi connectivity index (χ1) is 8.33. The minimum Gasteiger partial charge on any atom is -0.366 e. The molecule has 0 aliphatic carbocycles. The van der Waals surface area contributed by atoms with Crippen LogP contribution in [0.25, 0.3) is 5.65 Å². The van der Waals surface area contributed by atoms with E-state index in [4.69, 9.17) is 0 Å². The number of piperidine rings is 1. The summed E-state index contributed by atoms with van der Waals surface area (Å²) in [6, 6.07) is 4.04. The van der Waals surface area contributed by atoms with E-state index in [0.29, 0.717) is 17.5 Å². The summed E-state index contributed by atoms with van der Waals surface area (Å²) in [6.07, 6.45) is 2.14. The van der Waals surface area contributed by atoms with Gasteiger partial charge in [-0.15, -0.1) is 5.10 Å². The molecule has 2 aromatic rings. The predicted molar refractivity (Wildman–Crippen MR) is 63.1 cm³/mol. The number of H-pyrrole nitrogens is 1. The fourth-order valence-electron chi connectivity index (χ4n) is 2.06. The van der Waals surface area contributed by atoms with Crippen LogP contribution in [0.2, 0.25) is 0 Å². The van der Waals surface area contributed by atoms with Crippen LogP contribution in [-0.2, 0) is 0 Å². The Morgan fingerprint density at radius 3 is 3.00 bits per heavy atom. The highest BCUT2D eigenvalue weighted by atomic mass is 16.2. The minimum atomic E-state index is -0.311. The zero-order valence-corrected chi connectivity index (χ0v) is 9.31. The third-order valence-electron chi connectivity index (χ3n) is 2.96. The van der Waals surface area contributed by atoms with Crippen molar-refractivity contribution in [3.63, 3.8) is 0 Å². The second kappa shape index (κ2) is 4.17. The minimum absolute atomic E-state index is 0.311. The molecule has 7 nitrogen and oxygen atoms in total. The second-order valence-corrected chi connectivity index (χ2v) is 4.19. The molecule has 0 atom stereocenters. The van der Waals surface area contributed by atoms with Gasteiger partial charge in [-0.2, -0.15) is 9.61 Å². The summed E-state index contributed by atoms with van der Waals surface area (Å²) in [6.45, 7) is 2.04. The van der Waals surface area contributed by atoms with Crippen LogP contribution in [0.5, 0.6) is 0 Å². The lowest BCUT2D eigenvalue weighted by Gasteiger charge is -2.23. The normalized spacial score (nSPS) is 17.4. The fourth-order valence-corrected chi connectivity index (χ4v) is 2.06. The maximum absolute atomic E-state index is 11.4. The number of rotatable bonds is 2. The van der Waals surface area contributed by atoms with Crippen LogP contribution < -0.4 is 16.3 Å². The molecule has 0 radical (unpaired) electrons. The van der Waals surface area contributed by atoms with E-state index in [9.17, 15) is 4.79 Å². The maximum atomic E-state index is 11.4. The SMILES string of the molecule is O=c1[nH]nc2ccc(NC3CCNCC3)nn12. The average Bonchev–Trinajstić information content (AvgIpc) is 2.73. The lowest BCUT2D eigenvalue weighted by atomic mass is 10.1. The van der Waals surface area contributed by atoms with Crippen LogP contribution >= 0.6 is 0 Å². The van der Waals surface area contributed by atoms with Crippen molar-refractivity contribution in [3.05, 3.63) is 22.6 Å². The molecule has 3 heterocycles. The fraction of sp³-hybridized carbons (Fsp3) is 0.500. The molecule has 1 fully saturated rings. The van der Waals surface area contributed by atoms with Crippen molar-refractivity contribution >= 4 is 11.5 Å². The summed E-state index contributed by atoms with van der Waals surface area (Å²) in [5.74, 6) is 0.716. The number of aromatic nitrogens is 4. The number of hydrogen-bond acceptors (Lipinski definition) is 5. The van der Waals surface area contributed by atoms with Crippen LogP contribution in [0.3, 0.4) is 0 Å². The molecule has 0 amide bonds. The molecule has 0 aromatic carbocycles. The number of nitrogens with one attached hydrogen (secondary N) is 3. The molecule has 1 aliphatic heterocycles. The van der Waals surface area contributed by atoms with E-state index in [2.05, 4.69) is 25.9 Å². The molecular formula is C10H14N6O. The van der Waals surface area contributed by atoms with Gasteiger partial charge in [0.1, 0.15) is 5.82 Å². The average molecular weight is 234 g/mol. The van der Waals surface area contributed by atoms with Crippen LogP contribution in [0, 0.1) is 0 Å². The second-order valence-electron chi connectivity index (χ2n) is 4.19. The van der Waals surface area contributed by atoms with E-state index >= 15 is 0 Å². The Kier molecular flexibility index (Phi) is 2.52. The monoisotopic (exact) mass is 234 g/mol. The number of aromatic amines is 1. The van der Waals surface area contributed by atoms with Gasteiger partial charge in [-0.25, -0.2) is 9.89 Å². The molecule has 7 heteroatoms. The molecule has 1 aliphatic rings. The van der Waals surface area contributed by atoms with Gasteiger partial charge in [-0.3, -0.25) is 0 Å². The predicted octanol–water partition coefficient (Wildman–Crippen LogP) is -0.419. The summed E-state index contributed by atoms with van der Waals surface area (Å²) in [5.41, 5.74) is 0.222. The van der Waals surface area contributed by atoms with Crippen LogP contribution in [0.15, 0.2) is 16.9 Å². The molecule has 3 N–H and O–H groups in total. The van der Waals surface area contributed by atoms with Crippen molar-refractivity contribution in [3.8, 4) is 0 Å². The molecule has 0 bridgehead atoms. The lowest BCUT2D eigenvalue weighted by molar-refractivity contribution is 0.477. The Labute approximate surface area is 97.2 Å². The lowest BCUT2D eigenvalue weighted by Crippen LogP contribution is -2.35. The maximum Gasteiger partial charge on any atom is 0.364 e. The Hall–Kier alpha value is -1.89. The number of nitrogens with zero attached hydrogens (tertiary/aromatic N) is 3. The summed E-state index contributed by atoms with van der Waals surface area (Å²) in [7, 11) is 0. The highest BCUT2D eigenvalue weighted by Gasteiger charge is 2.13. The van der Waals surface area contributed by atoms with Crippen LogP contribution in [0.1, 0.15) is 12.8 Å². The van der Waals surface area contributed by atoms with Gasteiger partial charge in [0.25, 0.3) is 0 Å². The van der Waals surface area contributed by atoms with Crippen molar-refractivity contribution in [2.45, 2.75) is 18.9 Å². The highest BCUT2D eigenvalue weighted by Crippen LogP contribution is 2.10. The van der Waals surface area contributed by atoms with Gasteiger partial charge >= 0.3 is 5.69 Å². The first-order valence-corrected chi connectivity index (χ1v) is 5.75. The van der Waals surface area contributed by atoms with Crippen molar-refractivity contribution in [1.82, 2.24) is 25.1 Å². The molecule has 1 saturated heterocycles. The third kappa shape index (κ3) is 2.01. The Bertz CT molecular complexity index is 567. The van der Waals surface area contributed by atoms with E-state index in [1.54, 1.807) is 6.07 Å².